The standard InChI is InChI=1S/C11H23NOS/c1-3-10(8-12)14(13)11-6-4-5-9(2)7-11/h9-11H,3-8,12H2,1-2H3. The van der Waals surface area contributed by atoms with Crippen molar-refractivity contribution < 1.29 is 4.21 Å². The van der Waals surface area contributed by atoms with Gasteiger partial charge in [-0.05, 0) is 25.2 Å². The first-order valence-electron chi connectivity index (χ1n) is 5.78. The molecule has 0 bridgehead atoms. The van der Waals surface area contributed by atoms with Crippen LogP contribution in [0.15, 0.2) is 0 Å². The van der Waals surface area contributed by atoms with Gasteiger partial charge in [-0.25, -0.2) is 0 Å². The quantitative estimate of drug-likeness (QED) is 0.783. The van der Waals surface area contributed by atoms with Crippen molar-refractivity contribution in [3.63, 3.8) is 0 Å². The Hall–Kier alpha value is 0.110. The third kappa shape index (κ3) is 3.06. The second-order valence-corrected chi connectivity index (χ2v) is 6.48. The lowest BCUT2D eigenvalue weighted by Gasteiger charge is -2.28. The zero-order chi connectivity index (χ0) is 10.6. The molecule has 1 aliphatic rings. The van der Waals surface area contributed by atoms with Crippen molar-refractivity contribution in [2.24, 2.45) is 11.7 Å². The van der Waals surface area contributed by atoms with Crippen molar-refractivity contribution >= 4 is 10.8 Å². The molecule has 0 saturated heterocycles. The van der Waals surface area contributed by atoms with Crippen LogP contribution in [0, 0.1) is 5.92 Å². The molecule has 1 fully saturated rings. The first-order chi connectivity index (χ1) is 6.69. The van der Waals surface area contributed by atoms with Crippen molar-refractivity contribution in [3.05, 3.63) is 0 Å². The Morgan fingerprint density at radius 3 is 2.71 bits per heavy atom. The summed E-state index contributed by atoms with van der Waals surface area (Å²) in [5.74, 6) is 0.757. The van der Waals surface area contributed by atoms with Crippen LogP contribution in [0.3, 0.4) is 0 Å². The molecule has 0 aromatic carbocycles. The molecule has 14 heavy (non-hydrogen) atoms. The van der Waals surface area contributed by atoms with Crippen LogP contribution in [0.2, 0.25) is 0 Å². The second-order valence-electron chi connectivity index (χ2n) is 4.49. The zero-order valence-electron chi connectivity index (χ0n) is 9.37. The summed E-state index contributed by atoms with van der Waals surface area (Å²) < 4.78 is 12.1. The van der Waals surface area contributed by atoms with E-state index in [-0.39, 0.29) is 5.25 Å². The van der Waals surface area contributed by atoms with Crippen LogP contribution in [0.25, 0.3) is 0 Å². The highest BCUT2D eigenvalue weighted by molar-refractivity contribution is 7.86. The fourth-order valence-electron chi connectivity index (χ4n) is 2.29. The average molecular weight is 217 g/mol. The molecule has 4 unspecified atom stereocenters. The molecule has 4 atom stereocenters. The molecule has 0 amide bonds. The van der Waals surface area contributed by atoms with Gasteiger partial charge >= 0.3 is 0 Å². The summed E-state index contributed by atoms with van der Waals surface area (Å²) in [4.78, 5) is 0. The lowest BCUT2D eigenvalue weighted by molar-refractivity contribution is 0.388. The highest BCUT2D eigenvalue weighted by atomic mass is 32.2. The Labute approximate surface area is 90.1 Å². The SMILES string of the molecule is CCC(CN)S(=O)C1CCCC(C)C1. The second kappa shape index (κ2) is 5.86. The van der Waals surface area contributed by atoms with Gasteiger partial charge in [0.2, 0.25) is 0 Å². The van der Waals surface area contributed by atoms with E-state index >= 15 is 0 Å². The molecule has 0 radical (unpaired) electrons. The smallest absolute Gasteiger partial charge is 0.0470 e. The van der Waals surface area contributed by atoms with Gasteiger partial charge in [-0.2, -0.15) is 0 Å². The van der Waals surface area contributed by atoms with Crippen molar-refractivity contribution in [1.29, 1.82) is 0 Å². The van der Waals surface area contributed by atoms with Gasteiger partial charge in [0.05, 0.1) is 0 Å². The van der Waals surface area contributed by atoms with Crippen molar-refractivity contribution in [2.45, 2.75) is 56.5 Å². The fraction of sp³-hybridized carbons (Fsp3) is 1.00. The molecule has 2 nitrogen and oxygen atoms in total. The Bertz CT molecular complexity index is 192. The lowest BCUT2D eigenvalue weighted by atomic mass is 9.91. The van der Waals surface area contributed by atoms with E-state index in [1.165, 1.54) is 12.8 Å². The minimum Gasteiger partial charge on any atom is -0.329 e. The number of hydrogen-bond acceptors (Lipinski definition) is 2. The van der Waals surface area contributed by atoms with E-state index < -0.39 is 10.8 Å². The minimum atomic E-state index is -0.690. The largest absolute Gasteiger partial charge is 0.329 e. The molecular formula is C11H23NOS. The summed E-state index contributed by atoms with van der Waals surface area (Å²) in [6.07, 6.45) is 5.80. The third-order valence-electron chi connectivity index (χ3n) is 3.26. The molecule has 0 spiro atoms. The fourth-order valence-corrected chi connectivity index (χ4v) is 4.27. The van der Waals surface area contributed by atoms with E-state index in [1.54, 1.807) is 0 Å². The highest BCUT2D eigenvalue weighted by Gasteiger charge is 2.27. The summed E-state index contributed by atoms with van der Waals surface area (Å²) in [6, 6.07) is 0. The molecule has 2 N–H and O–H groups in total. The van der Waals surface area contributed by atoms with E-state index in [0.717, 1.165) is 25.2 Å². The van der Waals surface area contributed by atoms with E-state index in [2.05, 4.69) is 13.8 Å². The Morgan fingerprint density at radius 2 is 2.21 bits per heavy atom. The maximum atomic E-state index is 12.1. The summed E-state index contributed by atoms with van der Waals surface area (Å²) in [7, 11) is -0.690. The van der Waals surface area contributed by atoms with Crippen LogP contribution in [0.4, 0.5) is 0 Å². The molecular weight excluding hydrogens is 194 g/mol. The van der Waals surface area contributed by atoms with E-state index in [4.69, 9.17) is 5.73 Å². The Balaban J connectivity index is 2.50. The van der Waals surface area contributed by atoms with Crippen LogP contribution < -0.4 is 5.73 Å². The third-order valence-corrected chi connectivity index (χ3v) is 5.53. The van der Waals surface area contributed by atoms with E-state index in [1.807, 2.05) is 0 Å². The van der Waals surface area contributed by atoms with Crippen molar-refractivity contribution in [3.8, 4) is 0 Å². The van der Waals surface area contributed by atoms with Gasteiger partial charge in [-0.15, -0.1) is 0 Å². The highest BCUT2D eigenvalue weighted by Crippen LogP contribution is 2.28. The summed E-state index contributed by atoms with van der Waals surface area (Å²) >= 11 is 0. The monoisotopic (exact) mass is 217 g/mol. The molecule has 1 rings (SSSR count). The van der Waals surface area contributed by atoms with E-state index in [0.29, 0.717) is 11.8 Å². The van der Waals surface area contributed by atoms with Gasteiger partial charge in [-0.3, -0.25) is 4.21 Å². The predicted octanol–water partition coefficient (Wildman–Crippen LogP) is 2.05. The van der Waals surface area contributed by atoms with Crippen LogP contribution >= 0.6 is 0 Å². The summed E-state index contributed by atoms with van der Waals surface area (Å²) in [5, 5.41) is 0.651. The Morgan fingerprint density at radius 1 is 1.50 bits per heavy atom. The zero-order valence-corrected chi connectivity index (χ0v) is 10.2. The molecule has 0 heterocycles. The van der Waals surface area contributed by atoms with Crippen LogP contribution in [0.5, 0.6) is 0 Å². The number of nitrogens with two attached hydrogens (primary N) is 1. The molecule has 84 valence electrons. The van der Waals surface area contributed by atoms with Gasteiger partial charge in [0.25, 0.3) is 0 Å². The van der Waals surface area contributed by atoms with Gasteiger partial charge < -0.3 is 5.73 Å². The van der Waals surface area contributed by atoms with Crippen LogP contribution in [0.1, 0.15) is 46.0 Å². The molecule has 0 aliphatic heterocycles. The minimum absolute atomic E-state index is 0.227. The molecule has 1 saturated carbocycles. The molecule has 1 aliphatic carbocycles. The van der Waals surface area contributed by atoms with Gasteiger partial charge in [0.1, 0.15) is 0 Å². The molecule has 3 heteroatoms. The van der Waals surface area contributed by atoms with Crippen molar-refractivity contribution in [2.75, 3.05) is 6.54 Å². The van der Waals surface area contributed by atoms with Gasteiger partial charge in [0.15, 0.2) is 0 Å². The Kier molecular flexibility index (Phi) is 5.10. The van der Waals surface area contributed by atoms with Crippen LogP contribution in [-0.2, 0) is 10.8 Å². The van der Waals surface area contributed by atoms with Gasteiger partial charge in [0, 0.05) is 27.8 Å². The first kappa shape index (κ1) is 12.2. The lowest BCUT2D eigenvalue weighted by Crippen LogP contribution is -2.34. The average Bonchev–Trinajstić information content (AvgIpc) is 2.19. The van der Waals surface area contributed by atoms with E-state index in [9.17, 15) is 4.21 Å². The maximum absolute atomic E-state index is 12.1. The van der Waals surface area contributed by atoms with Gasteiger partial charge in [-0.1, -0.05) is 26.7 Å². The predicted molar refractivity (Wildman–Crippen MR) is 62.7 cm³/mol. The normalized spacial score (nSPS) is 32.5. The first-order valence-corrected chi connectivity index (χ1v) is 7.06. The maximum Gasteiger partial charge on any atom is 0.0470 e. The molecule has 0 aromatic heterocycles. The summed E-state index contributed by atoms with van der Waals surface area (Å²) in [5.41, 5.74) is 5.63. The topological polar surface area (TPSA) is 43.1 Å². The molecule has 0 aromatic rings. The summed E-state index contributed by atoms with van der Waals surface area (Å²) in [6.45, 7) is 4.93. The number of rotatable bonds is 4. The van der Waals surface area contributed by atoms with Crippen LogP contribution in [-0.4, -0.2) is 21.3 Å². The van der Waals surface area contributed by atoms with Crippen molar-refractivity contribution in [1.82, 2.24) is 0 Å². The number of hydrogen-bond donors (Lipinski definition) is 1.